The molecule has 0 saturated heterocycles. The van der Waals surface area contributed by atoms with E-state index in [1.54, 1.807) is 0 Å². The summed E-state index contributed by atoms with van der Waals surface area (Å²) < 4.78 is 0. The third-order valence-corrected chi connectivity index (χ3v) is 8.98. The predicted octanol–water partition coefficient (Wildman–Crippen LogP) is 8.78. The Hall–Kier alpha value is -3.89. The van der Waals surface area contributed by atoms with Crippen molar-refractivity contribution in [3.8, 4) is 17.2 Å². The van der Waals surface area contributed by atoms with Gasteiger partial charge >= 0.3 is 37.7 Å². The number of rotatable bonds is 3. The first kappa shape index (κ1) is 51.1. The summed E-state index contributed by atoms with van der Waals surface area (Å²) in [6, 6.07) is 10.0. The molecular weight excluding hydrogens is 754 g/mol. The fraction of sp³-hybridized carbons (Fsp3) is 0.533. The van der Waals surface area contributed by atoms with Crippen LogP contribution in [0.3, 0.4) is 0 Å². The van der Waals surface area contributed by atoms with Gasteiger partial charge in [0.15, 0.2) is 0 Å². The first-order valence-corrected chi connectivity index (χ1v) is 18.1. The van der Waals surface area contributed by atoms with Crippen LogP contribution in [-0.4, -0.2) is 53.0 Å². The summed E-state index contributed by atoms with van der Waals surface area (Å²) in [4.78, 5) is 33.5. The smallest absolute Gasteiger partial charge is 0.872 e. The Bertz CT molecular complexity index is 1650. The molecule has 9 nitrogen and oxygen atoms in total. The van der Waals surface area contributed by atoms with Crippen LogP contribution in [-0.2, 0) is 32.5 Å². The Balaban J connectivity index is 0.000000788. The molecule has 0 aliphatic rings. The van der Waals surface area contributed by atoms with Crippen LogP contribution in [0.4, 0.5) is 0 Å². The quantitative estimate of drug-likeness (QED) is 0.218. The zero-order valence-electron chi connectivity index (χ0n) is 36.3. The van der Waals surface area contributed by atoms with E-state index in [9.17, 15) is 29.7 Å². The maximum atomic E-state index is 12.2. The Morgan fingerprint density at radius 3 is 0.636 bits per heavy atom. The van der Waals surface area contributed by atoms with Gasteiger partial charge < -0.3 is 30.6 Å². The number of carboxylic acid groups (broad SMARTS) is 3. The number of benzene rings is 3. The molecule has 0 fully saturated rings. The van der Waals surface area contributed by atoms with Gasteiger partial charge in [-0.15, -0.1) is 0 Å². The van der Waals surface area contributed by atoms with Gasteiger partial charge in [0.1, 0.15) is 0 Å². The topological polar surface area (TPSA) is 181 Å². The van der Waals surface area contributed by atoms with Crippen molar-refractivity contribution >= 4 is 37.7 Å². The third-order valence-electron chi connectivity index (χ3n) is 8.98. The normalized spacial score (nSPS) is 12.3. The van der Waals surface area contributed by atoms with E-state index >= 15 is 0 Å². The Morgan fingerprint density at radius 1 is 0.364 bits per heavy atom. The summed E-state index contributed by atoms with van der Waals surface area (Å²) in [7, 11) is 0. The summed E-state index contributed by atoms with van der Waals surface area (Å²) >= 11 is 0. The second-order valence-corrected chi connectivity index (χ2v) is 20.1. The van der Waals surface area contributed by atoms with Crippen molar-refractivity contribution in [2.75, 3.05) is 0 Å². The predicted molar refractivity (Wildman–Crippen MR) is 216 cm³/mol. The molecule has 3 N–H and O–H groups in total. The largest absolute Gasteiger partial charge is 3.00 e. The third kappa shape index (κ3) is 13.7. The van der Waals surface area contributed by atoms with Crippen molar-refractivity contribution in [3.63, 3.8) is 0 Å². The maximum Gasteiger partial charge on any atom is 3.00 e. The molecule has 10 heteroatoms. The van der Waals surface area contributed by atoms with Gasteiger partial charge in [0.25, 0.3) is 0 Å². The fourth-order valence-electron chi connectivity index (χ4n) is 5.33. The van der Waals surface area contributed by atoms with Gasteiger partial charge in [-0.1, -0.05) is 160 Å². The van der Waals surface area contributed by atoms with Crippen LogP contribution in [0, 0.1) is 0 Å². The van der Waals surface area contributed by atoms with E-state index in [2.05, 4.69) is 0 Å². The monoisotopic (exact) mass is 816 g/mol. The molecule has 0 unspecified atom stereocenters. The molecule has 3 aromatic carbocycles. The summed E-state index contributed by atoms with van der Waals surface area (Å²) in [5, 5.41) is 63.9. The molecule has 0 aliphatic carbocycles. The van der Waals surface area contributed by atoms with Crippen molar-refractivity contribution in [3.05, 3.63) is 86.5 Å². The molecule has 0 atom stereocenters. The second kappa shape index (κ2) is 17.5. The van der Waals surface area contributed by atoms with Crippen molar-refractivity contribution < 1.29 is 45.0 Å². The number of carbonyl (C=O) groups is 3. The summed E-state index contributed by atoms with van der Waals surface area (Å²) in [6.07, 6.45) is 0. The molecule has 0 radical (unpaired) electrons. The van der Waals surface area contributed by atoms with E-state index in [0.717, 1.165) is 16.7 Å². The van der Waals surface area contributed by atoms with Crippen molar-refractivity contribution in [1.29, 1.82) is 0 Å². The van der Waals surface area contributed by atoms with Gasteiger partial charge in [0, 0.05) is 0 Å². The summed E-state index contributed by atoms with van der Waals surface area (Å²) in [5.41, 5.74) is 2.30. The molecule has 3 rings (SSSR count). The van der Waals surface area contributed by atoms with Crippen LogP contribution >= 0.6 is 0 Å². The average molecular weight is 818 g/mol. The van der Waals surface area contributed by atoms with E-state index in [0.29, 0.717) is 16.7 Å². The minimum absolute atomic E-state index is 0. The van der Waals surface area contributed by atoms with Crippen LogP contribution in [0.5, 0.6) is 17.2 Å². The van der Waals surface area contributed by atoms with Crippen molar-refractivity contribution in [2.45, 2.75) is 157 Å². The summed E-state index contributed by atoms with van der Waals surface area (Å²) in [6.45, 7) is 35.3. The molecule has 0 spiro atoms. The van der Waals surface area contributed by atoms with Gasteiger partial charge in [-0.3, -0.25) is 0 Å². The minimum atomic E-state index is -1.16. The Labute approximate surface area is 342 Å². The van der Waals surface area contributed by atoms with Gasteiger partial charge in [-0.25, -0.2) is 14.4 Å². The molecular formula is C45H63GaO9. The summed E-state index contributed by atoms with van der Waals surface area (Å²) in [5.74, 6) is -4.58. The SMILES string of the molecule is CC(C)(C)c1cc(C(=O)O)c([O-])c(C(C)(C)C)c1.CC(C)(C)c1cc(C(=O)O)c([O-])c(C(C)(C)C)c1.CC(C)(C)c1cc(C(=O)O)c([O-])c(C(C)(C)C)c1.[Ga+3]. The molecule has 0 aliphatic heterocycles. The van der Waals surface area contributed by atoms with Crippen LogP contribution < -0.4 is 15.3 Å². The van der Waals surface area contributed by atoms with Crippen LogP contribution in [0.2, 0.25) is 0 Å². The average Bonchev–Trinajstić information content (AvgIpc) is 2.94. The number of carboxylic acids is 3. The zero-order valence-corrected chi connectivity index (χ0v) is 38.8. The first-order chi connectivity index (χ1) is 23.8. The number of hydrogen-bond donors (Lipinski definition) is 3. The molecule has 0 amide bonds. The van der Waals surface area contributed by atoms with Gasteiger partial charge in [-0.2, -0.15) is 0 Å². The molecule has 55 heavy (non-hydrogen) atoms. The number of hydrogen-bond acceptors (Lipinski definition) is 6. The van der Waals surface area contributed by atoms with Gasteiger partial charge in [0.2, 0.25) is 0 Å². The van der Waals surface area contributed by atoms with Gasteiger partial charge in [0.05, 0.1) is 16.7 Å². The molecule has 3 aromatic rings. The van der Waals surface area contributed by atoms with E-state index in [4.69, 9.17) is 15.3 Å². The molecule has 300 valence electrons. The van der Waals surface area contributed by atoms with Crippen LogP contribution in [0.1, 0.15) is 189 Å². The standard InChI is InChI=1S/3C15H22O3.Ga/c3*1-14(2,3)9-7-10(13(17)18)12(16)11(8-9)15(4,5)6;/h3*7-8,16H,1-6H3,(H,17,18);/q;;;+3/p-3. The molecule has 0 heterocycles. The fourth-order valence-corrected chi connectivity index (χ4v) is 5.33. The van der Waals surface area contributed by atoms with Gasteiger partial charge in [-0.05, 0) is 84.1 Å². The van der Waals surface area contributed by atoms with Crippen molar-refractivity contribution in [1.82, 2.24) is 0 Å². The Morgan fingerprint density at radius 2 is 0.527 bits per heavy atom. The molecule has 0 aromatic heterocycles. The van der Waals surface area contributed by atoms with Crippen LogP contribution in [0.15, 0.2) is 36.4 Å². The first-order valence-electron chi connectivity index (χ1n) is 18.1. The Kier molecular flexibility index (Phi) is 16.3. The second-order valence-electron chi connectivity index (χ2n) is 20.1. The van der Waals surface area contributed by atoms with Crippen molar-refractivity contribution in [2.24, 2.45) is 0 Å². The zero-order chi connectivity index (χ0) is 42.9. The molecule has 0 bridgehead atoms. The molecule has 0 saturated carbocycles. The van der Waals surface area contributed by atoms with E-state index in [-0.39, 0.29) is 86.2 Å². The maximum absolute atomic E-state index is 12.2. The minimum Gasteiger partial charge on any atom is -0.872 e. The van der Waals surface area contributed by atoms with Crippen LogP contribution in [0.25, 0.3) is 0 Å². The van der Waals surface area contributed by atoms with E-state index in [1.807, 2.05) is 143 Å². The van der Waals surface area contributed by atoms with E-state index < -0.39 is 17.9 Å². The van der Waals surface area contributed by atoms with E-state index in [1.165, 1.54) is 18.2 Å². The number of aromatic carboxylic acids is 3.